The number of amides is 1. The molecule has 2 rings (SSSR count). The van der Waals surface area contributed by atoms with Crippen LogP contribution < -0.4 is 0 Å². The van der Waals surface area contributed by atoms with Gasteiger partial charge < -0.3 is 4.90 Å². The molecule has 20 heavy (non-hydrogen) atoms. The number of nitrogens with zero attached hydrogens (tertiary/aromatic N) is 2. The molecule has 0 bridgehead atoms. The van der Waals surface area contributed by atoms with Crippen LogP contribution in [0.3, 0.4) is 0 Å². The van der Waals surface area contributed by atoms with Crippen LogP contribution in [0.25, 0.3) is 0 Å². The van der Waals surface area contributed by atoms with Crippen molar-refractivity contribution < 1.29 is 4.79 Å². The molecule has 1 aromatic carbocycles. The SMILES string of the molecule is CCN(C[C@H](C)C#N)C(=O)[C@H]1CCCc2ccccc21. The minimum atomic E-state index is -0.113. The summed E-state index contributed by atoms with van der Waals surface area (Å²) in [4.78, 5) is 14.6. The van der Waals surface area contributed by atoms with E-state index in [1.165, 1.54) is 11.1 Å². The lowest BCUT2D eigenvalue weighted by Gasteiger charge is -2.30. The maximum Gasteiger partial charge on any atom is 0.230 e. The molecule has 0 saturated heterocycles. The van der Waals surface area contributed by atoms with Gasteiger partial charge in [-0.1, -0.05) is 24.3 Å². The van der Waals surface area contributed by atoms with Crippen LogP contribution in [0.1, 0.15) is 43.7 Å². The molecule has 0 spiro atoms. The lowest BCUT2D eigenvalue weighted by molar-refractivity contribution is -0.133. The fraction of sp³-hybridized carbons (Fsp3) is 0.529. The highest BCUT2D eigenvalue weighted by Gasteiger charge is 2.29. The van der Waals surface area contributed by atoms with Gasteiger partial charge in [-0.05, 0) is 44.2 Å². The molecule has 1 aliphatic rings. The van der Waals surface area contributed by atoms with E-state index in [0.717, 1.165) is 19.3 Å². The number of aryl methyl sites for hydroxylation is 1. The summed E-state index contributed by atoms with van der Waals surface area (Å²) in [5.41, 5.74) is 2.49. The molecule has 1 aromatic rings. The van der Waals surface area contributed by atoms with Gasteiger partial charge in [-0.3, -0.25) is 4.79 Å². The summed E-state index contributed by atoms with van der Waals surface area (Å²) >= 11 is 0. The van der Waals surface area contributed by atoms with E-state index >= 15 is 0 Å². The molecule has 0 aliphatic heterocycles. The molecule has 3 heteroatoms. The lowest BCUT2D eigenvalue weighted by Crippen LogP contribution is -2.38. The molecular weight excluding hydrogens is 248 g/mol. The Morgan fingerprint density at radius 3 is 2.95 bits per heavy atom. The standard InChI is InChI=1S/C17H22N2O/c1-3-19(12-13(2)11-18)17(20)16-10-6-8-14-7-4-5-9-15(14)16/h4-5,7,9,13,16H,3,6,8,10,12H2,1-2H3/t13-,16+/m1/s1. The van der Waals surface area contributed by atoms with E-state index < -0.39 is 0 Å². The fourth-order valence-corrected chi connectivity index (χ4v) is 2.98. The van der Waals surface area contributed by atoms with E-state index in [9.17, 15) is 4.79 Å². The summed E-state index contributed by atoms with van der Waals surface area (Å²) in [7, 11) is 0. The van der Waals surface area contributed by atoms with Crippen molar-refractivity contribution in [1.29, 1.82) is 5.26 Å². The zero-order chi connectivity index (χ0) is 14.5. The lowest BCUT2D eigenvalue weighted by atomic mass is 9.82. The topological polar surface area (TPSA) is 44.1 Å². The minimum absolute atomic E-state index is 0.0224. The Hall–Kier alpha value is -1.82. The zero-order valence-electron chi connectivity index (χ0n) is 12.3. The largest absolute Gasteiger partial charge is 0.341 e. The first kappa shape index (κ1) is 14.6. The first-order valence-electron chi connectivity index (χ1n) is 7.43. The first-order valence-corrected chi connectivity index (χ1v) is 7.43. The third-order valence-corrected chi connectivity index (χ3v) is 4.08. The molecule has 0 aromatic heterocycles. The van der Waals surface area contributed by atoms with E-state index in [1.54, 1.807) is 0 Å². The average molecular weight is 270 g/mol. The molecule has 0 heterocycles. The van der Waals surface area contributed by atoms with Gasteiger partial charge in [0.1, 0.15) is 0 Å². The van der Waals surface area contributed by atoms with Crippen LogP contribution in [0.2, 0.25) is 0 Å². The molecule has 0 radical (unpaired) electrons. The van der Waals surface area contributed by atoms with Crippen LogP contribution in [-0.2, 0) is 11.2 Å². The number of carbonyl (C=O) groups is 1. The Labute approximate surface area is 121 Å². The third-order valence-electron chi connectivity index (χ3n) is 4.08. The Morgan fingerprint density at radius 2 is 2.25 bits per heavy atom. The highest BCUT2D eigenvalue weighted by molar-refractivity contribution is 5.84. The number of fused-ring (bicyclic) bond motifs is 1. The maximum atomic E-state index is 12.8. The Kier molecular flexibility index (Phi) is 4.79. The van der Waals surface area contributed by atoms with Crippen molar-refractivity contribution >= 4 is 5.91 Å². The Morgan fingerprint density at radius 1 is 1.50 bits per heavy atom. The van der Waals surface area contributed by atoms with Gasteiger partial charge in [0, 0.05) is 13.1 Å². The van der Waals surface area contributed by atoms with Crippen LogP contribution in [0.4, 0.5) is 0 Å². The normalized spacial score (nSPS) is 18.8. The second kappa shape index (κ2) is 6.56. The number of benzene rings is 1. The highest BCUT2D eigenvalue weighted by atomic mass is 16.2. The van der Waals surface area contributed by atoms with E-state index in [1.807, 2.05) is 30.9 Å². The predicted molar refractivity (Wildman–Crippen MR) is 79.2 cm³/mol. The molecule has 2 atom stereocenters. The number of hydrogen-bond acceptors (Lipinski definition) is 2. The number of rotatable bonds is 4. The van der Waals surface area contributed by atoms with Gasteiger partial charge >= 0.3 is 0 Å². The minimum Gasteiger partial charge on any atom is -0.341 e. The maximum absolute atomic E-state index is 12.8. The van der Waals surface area contributed by atoms with Crippen molar-refractivity contribution in [2.45, 2.75) is 39.0 Å². The Balaban J connectivity index is 2.19. The third kappa shape index (κ3) is 3.01. The second-order valence-electron chi connectivity index (χ2n) is 5.55. The second-order valence-corrected chi connectivity index (χ2v) is 5.55. The van der Waals surface area contributed by atoms with Crippen molar-refractivity contribution in [2.24, 2.45) is 5.92 Å². The summed E-state index contributed by atoms with van der Waals surface area (Å²) in [6.07, 6.45) is 3.06. The molecule has 3 nitrogen and oxygen atoms in total. The summed E-state index contributed by atoms with van der Waals surface area (Å²) in [5.74, 6) is 0.0466. The van der Waals surface area contributed by atoms with Gasteiger partial charge in [0.15, 0.2) is 0 Å². The van der Waals surface area contributed by atoms with Gasteiger partial charge in [-0.15, -0.1) is 0 Å². The van der Waals surface area contributed by atoms with Crippen molar-refractivity contribution in [3.63, 3.8) is 0 Å². The van der Waals surface area contributed by atoms with Crippen molar-refractivity contribution in [2.75, 3.05) is 13.1 Å². The van der Waals surface area contributed by atoms with E-state index in [4.69, 9.17) is 5.26 Å². The van der Waals surface area contributed by atoms with Crippen LogP contribution >= 0.6 is 0 Å². The van der Waals surface area contributed by atoms with Crippen molar-refractivity contribution in [3.8, 4) is 6.07 Å². The summed E-state index contributed by atoms with van der Waals surface area (Å²) in [6.45, 7) is 5.05. The number of likely N-dealkylation sites (N-methyl/N-ethyl adjacent to an activating group) is 1. The number of hydrogen-bond donors (Lipinski definition) is 0. The van der Waals surface area contributed by atoms with Gasteiger partial charge in [-0.2, -0.15) is 5.26 Å². The molecule has 0 saturated carbocycles. The van der Waals surface area contributed by atoms with Gasteiger partial charge in [0.05, 0.1) is 17.9 Å². The van der Waals surface area contributed by atoms with Crippen LogP contribution in [0.5, 0.6) is 0 Å². The summed E-state index contributed by atoms with van der Waals surface area (Å²) in [5, 5.41) is 8.94. The highest BCUT2D eigenvalue weighted by Crippen LogP contribution is 2.32. The van der Waals surface area contributed by atoms with Gasteiger partial charge in [-0.25, -0.2) is 0 Å². The molecule has 0 N–H and O–H groups in total. The van der Waals surface area contributed by atoms with E-state index in [0.29, 0.717) is 13.1 Å². The Bertz CT molecular complexity index is 518. The van der Waals surface area contributed by atoms with E-state index in [-0.39, 0.29) is 17.7 Å². The smallest absolute Gasteiger partial charge is 0.230 e. The van der Waals surface area contributed by atoms with Gasteiger partial charge in [0.2, 0.25) is 5.91 Å². The summed E-state index contributed by atoms with van der Waals surface area (Å²) < 4.78 is 0. The quantitative estimate of drug-likeness (QED) is 0.843. The monoisotopic (exact) mass is 270 g/mol. The van der Waals surface area contributed by atoms with Crippen LogP contribution in [-0.4, -0.2) is 23.9 Å². The molecule has 0 unspecified atom stereocenters. The van der Waals surface area contributed by atoms with E-state index in [2.05, 4.69) is 18.2 Å². The molecule has 106 valence electrons. The van der Waals surface area contributed by atoms with Crippen LogP contribution in [0.15, 0.2) is 24.3 Å². The summed E-state index contributed by atoms with van der Waals surface area (Å²) in [6, 6.07) is 10.5. The average Bonchev–Trinajstić information content (AvgIpc) is 2.51. The number of carbonyl (C=O) groups excluding carboxylic acids is 1. The zero-order valence-corrected chi connectivity index (χ0v) is 12.3. The first-order chi connectivity index (χ1) is 9.67. The predicted octanol–water partition coefficient (Wildman–Crippen LogP) is 3.11. The molecule has 1 amide bonds. The number of nitriles is 1. The van der Waals surface area contributed by atoms with Gasteiger partial charge in [0.25, 0.3) is 0 Å². The van der Waals surface area contributed by atoms with Crippen molar-refractivity contribution in [3.05, 3.63) is 35.4 Å². The van der Waals surface area contributed by atoms with Crippen molar-refractivity contribution in [1.82, 2.24) is 4.90 Å². The molecule has 0 fully saturated rings. The fourth-order valence-electron chi connectivity index (χ4n) is 2.98. The molecule has 1 aliphatic carbocycles. The molecular formula is C17H22N2O. The van der Waals surface area contributed by atoms with Crippen LogP contribution in [0, 0.1) is 17.2 Å².